The van der Waals surface area contributed by atoms with Gasteiger partial charge in [-0.3, -0.25) is 0 Å². The van der Waals surface area contributed by atoms with Crippen LogP contribution in [-0.4, -0.2) is 44.4 Å². The highest BCUT2D eigenvalue weighted by Gasteiger charge is 2.20. The topological polar surface area (TPSA) is 46.6 Å². The fourth-order valence-corrected chi connectivity index (χ4v) is 2.22. The van der Waals surface area contributed by atoms with Crippen LogP contribution in [0.1, 0.15) is 5.56 Å². The third-order valence-corrected chi connectivity index (χ3v) is 3.12. The smallest absolute Gasteiger partial charge is 0.171 e. The van der Waals surface area contributed by atoms with E-state index in [1.807, 2.05) is 12.3 Å². The number of halogens is 1. The van der Waals surface area contributed by atoms with Gasteiger partial charge < -0.3 is 19.7 Å². The monoisotopic (exact) mass is 271 g/mol. The number of nitrogens with one attached hydrogen (secondary N) is 1. The van der Waals surface area contributed by atoms with E-state index < -0.39 is 0 Å². The van der Waals surface area contributed by atoms with Crippen molar-refractivity contribution in [2.45, 2.75) is 6.54 Å². The number of hydrogen-bond donors (Lipinski definition) is 1. The van der Waals surface area contributed by atoms with Gasteiger partial charge >= 0.3 is 0 Å². The maximum Gasteiger partial charge on any atom is 0.171 e. The average molecular weight is 272 g/mol. The molecule has 1 fully saturated rings. The van der Waals surface area contributed by atoms with Gasteiger partial charge in [-0.05, 0) is 6.07 Å². The molecule has 2 aliphatic rings. The number of rotatable bonds is 1. The van der Waals surface area contributed by atoms with Crippen molar-refractivity contribution in [3.05, 3.63) is 17.8 Å². The summed E-state index contributed by atoms with van der Waals surface area (Å²) in [6.07, 6.45) is 1.86. The summed E-state index contributed by atoms with van der Waals surface area (Å²) in [5, 5.41) is 3.34. The Kier molecular flexibility index (Phi) is 4.63. The van der Waals surface area contributed by atoms with Crippen LogP contribution in [0.2, 0.25) is 0 Å². The standard InChI is InChI=1S/C12H17N3O2.ClH/c1-2-14-12(15-4-7-16-8-5-15)11-10(1)9-13-3-6-17-11;/h1-2,13H,3-9H2;1H. The van der Waals surface area contributed by atoms with Crippen molar-refractivity contribution in [1.29, 1.82) is 0 Å². The van der Waals surface area contributed by atoms with Crippen molar-refractivity contribution in [3.63, 3.8) is 0 Å². The van der Waals surface area contributed by atoms with E-state index in [9.17, 15) is 0 Å². The fraction of sp³-hybridized carbons (Fsp3) is 0.583. The summed E-state index contributed by atoms with van der Waals surface area (Å²) >= 11 is 0. The normalized spacial score (nSPS) is 19.2. The first-order valence-corrected chi connectivity index (χ1v) is 6.09. The van der Waals surface area contributed by atoms with Gasteiger partial charge in [0.15, 0.2) is 11.6 Å². The van der Waals surface area contributed by atoms with Crippen LogP contribution in [0.25, 0.3) is 0 Å². The van der Waals surface area contributed by atoms with Gasteiger partial charge in [0.2, 0.25) is 0 Å². The SMILES string of the molecule is Cl.c1cc2c(c(N3CCOCC3)n1)OCCNC2. The lowest BCUT2D eigenvalue weighted by atomic mass is 10.2. The second kappa shape index (κ2) is 6.22. The number of pyridine rings is 1. The summed E-state index contributed by atoms with van der Waals surface area (Å²) in [6.45, 7) is 5.76. The highest BCUT2D eigenvalue weighted by Crippen LogP contribution is 2.31. The van der Waals surface area contributed by atoms with Crippen molar-refractivity contribution >= 4 is 18.2 Å². The molecule has 0 bridgehead atoms. The van der Waals surface area contributed by atoms with E-state index >= 15 is 0 Å². The Labute approximate surface area is 113 Å². The predicted molar refractivity (Wildman–Crippen MR) is 71.7 cm³/mol. The predicted octanol–water partition coefficient (Wildman–Crippen LogP) is 0.822. The van der Waals surface area contributed by atoms with Crippen LogP contribution in [0.3, 0.4) is 0 Å². The molecule has 0 aromatic carbocycles. The van der Waals surface area contributed by atoms with Crippen molar-refractivity contribution < 1.29 is 9.47 Å². The van der Waals surface area contributed by atoms with E-state index in [1.54, 1.807) is 0 Å². The fourth-order valence-electron chi connectivity index (χ4n) is 2.22. The molecule has 1 saturated heterocycles. The molecule has 3 heterocycles. The van der Waals surface area contributed by atoms with Crippen LogP contribution in [0.4, 0.5) is 5.82 Å². The zero-order valence-corrected chi connectivity index (χ0v) is 11.0. The number of fused-ring (bicyclic) bond motifs is 1. The summed E-state index contributed by atoms with van der Waals surface area (Å²) in [7, 11) is 0. The first kappa shape index (κ1) is 13.4. The van der Waals surface area contributed by atoms with E-state index in [0.717, 1.165) is 51.0 Å². The molecule has 0 amide bonds. The van der Waals surface area contributed by atoms with Gasteiger partial charge in [-0.1, -0.05) is 0 Å². The molecule has 6 heteroatoms. The molecular formula is C12H18ClN3O2. The zero-order valence-electron chi connectivity index (χ0n) is 10.2. The highest BCUT2D eigenvalue weighted by molar-refractivity contribution is 5.85. The Balaban J connectivity index is 0.00000120. The lowest BCUT2D eigenvalue weighted by molar-refractivity contribution is 0.122. The Hall–Kier alpha value is -1.04. The lowest BCUT2D eigenvalue weighted by Crippen LogP contribution is -2.37. The van der Waals surface area contributed by atoms with E-state index in [4.69, 9.17) is 9.47 Å². The molecule has 18 heavy (non-hydrogen) atoms. The molecule has 0 unspecified atom stereocenters. The first-order chi connectivity index (χ1) is 8.45. The van der Waals surface area contributed by atoms with Crippen LogP contribution < -0.4 is 15.0 Å². The third-order valence-electron chi connectivity index (χ3n) is 3.12. The van der Waals surface area contributed by atoms with Crippen molar-refractivity contribution in [2.24, 2.45) is 0 Å². The highest BCUT2D eigenvalue weighted by atomic mass is 35.5. The Morgan fingerprint density at radius 1 is 1.22 bits per heavy atom. The molecule has 0 radical (unpaired) electrons. The molecule has 0 saturated carbocycles. The summed E-state index contributed by atoms with van der Waals surface area (Å²) in [5.41, 5.74) is 1.19. The first-order valence-electron chi connectivity index (χ1n) is 6.09. The summed E-state index contributed by atoms with van der Waals surface area (Å²) < 4.78 is 11.2. The summed E-state index contributed by atoms with van der Waals surface area (Å²) in [6, 6.07) is 2.03. The number of morpholine rings is 1. The quantitative estimate of drug-likeness (QED) is 0.820. The third kappa shape index (κ3) is 2.68. The number of aromatic nitrogens is 1. The number of anilines is 1. The van der Waals surface area contributed by atoms with Gasteiger partial charge in [0.05, 0.1) is 13.2 Å². The van der Waals surface area contributed by atoms with Gasteiger partial charge in [-0.2, -0.15) is 0 Å². The van der Waals surface area contributed by atoms with Gasteiger partial charge in [-0.25, -0.2) is 4.98 Å². The van der Waals surface area contributed by atoms with E-state index in [2.05, 4.69) is 15.2 Å². The molecule has 3 rings (SSSR count). The Bertz CT molecular complexity index is 397. The van der Waals surface area contributed by atoms with Crippen molar-refractivity contribution in [2.75, 3.05) is 44.4 Å². The van der Waals surface area contributed by atoms with Crippen LogP contribution in [-0.2, 0) is 11.3 Å². The maximum absolute atomic E-state index is 5.83. The van der Waals surface area contributed by atoms with Gasteiger partial charge in [0.25, 0.3) is 0 Å². The van der Waals surface area contributed by atoms with Crippen LogP contribution in [0.15, 0.2) is 12.3 Å². The number of nitrogens with zero attached hydrogens (tertiary/aromatic N) is 2. The molecule has 5 nitrogen and oxygen atoms in total. The zero-order chi connectivity index (χ0) is 11.5. The molecule has 2 aliphatic heterocycles. The minimum atomic E-state index is 0. The molecule has 0 spiro atoms. The Morgan fingerprint density at radius 3 is 2.89 bits per heavy atom. The molecule has 1 N–H and O–H groups in total. The molecule has 100 valence electrons. The molecule has 0 atom stereocenters. The summed E-state index contributed by atoms with van der Waals surface area (Å²) in [4.78, 5) is 6.72. The van der Waals surface area contributed by atoms with Gasteiger partial charge in [-0.15, -0.1) is 12.4 Å². The van der Waals surface area contributed by atoms with Gasteiger partial charge in [0.1, 0.15) is 6.61 Å². The second-order valence-electron chi connectivity index (χ2n) is 4.25. The molecule has 1 aromatic rings. The van der Waals surface area contributed by atoms with E-state index in [0.29, 0.717) is 6.61 Å². The largest absolute Gasteiger partial charge is 0.488 e. The van der Waals surface area contributed by atoms with Crippen molar-refractivity contribution in [1.82, 2.24) is 10.3 Å². The van der Waals surface area contributed by atoms with Crippen LogP contribution in [0.5, 0.6) is 5.75 Å². The minimum absolute atomic E-state index is 0. The van der Waals surface area contributed by atoms with Crippen LogP contribution in [0, 0.1) is 0 Å². The van der Waals surface area contributed by atoms with Gasteiger partial charge in [0, 0.05) is 37.9 Å². The Morgan fingerprint density at radius 2 is 2.06 bits per heavy atom. The lowest BCUT2D eigenvalue weighted by Gasteiger charge is -2.29. The average Bonchev–Trinajstić information content (AvgIpc) is 2.64. The molecular weight excluding hydrogens is 254 g/mol. The molecule has 1 aromatic heterocycles. The van der Waals surface area contributed by atoms with E-state index in [1.165, 1.54) is 5.56 Å². The maximum atomic E-state index is 5.83. The van der Waals surface area contributed by atoms with E-state index in [-0.39, 0.29) is 12.4 Å². The summed E-state index contributed by atoms with van der Waals surface area (Å²) in [5.74, 6) is 1.91. The second-order valence-corrected chi connectivity index (χ2v) is 4.25. The minimum Gasteiger partial charge on any atom is -0.488 e. The molecule has 0 aliphatic carbocycles. The number of ether oxygens (including phenoxy) is 2. The number of hydrogen-bond acceptors (Lipinski definition) is 5. The van der Waals surface area contributed by atoms with Crippen LogP contribution >= 0.6 is 12.4 Å². The van der Waals surface area contributed by atoms with Crippen molar-refractivity contribution in [3.8, 4) is 5.75 Å².